The Labute approximate surface area is 62.9 Å². The zero-order chi connectivity index (χ0) is 8.20. The van der Waals surface area contributed by atoms with E-state index in [4.69, 9.17) is 15.8 Å². The van der Waals surface area contributed by atoms with E-state index >= 15 is 0 Å². The van der Waals surface area contributed by atoms with Crippen molar-refractivity contribution in [1.29, 1.82) is 15.8 Å². The maximum absolute atomic E-state index is 8.47. The van der Waals surface area contributed by atoms with Crippen molar-refractivity contribution in [1.82, 2.24) is 0 Å². The Bertz CT molecular complexity index is 225. The standard InChI is InChI=1S/C6H6N3Si/c1-5(2-7)6(10,3-8)4-9/h5H,10H2,1H3. The van der Waals surface area contributed by atoms with E-state index in [9.17, 15) is 0 Å². The molecule has 0 saturated heterocycles. The van der Waals surface area contributed by atoms with Gasteiger partial charge in [0.1, 0.15) is 5.04 Å². The molecule has 1 atom stereocenters. The van der Waals surface area contributed by atoms with Crippen molar-refractivity contribution in [3.05, 3.63) is 0 Å². The van der Waals surface area contributed by atoms with E-state index < -0.39 is 11.0 Å². The zero-order valence-corrected chi connectivity index (χ0v) is 7.04. The number of rotatable bonds is 1. The minimum Gasteiger partial charge on any atom is -0.198 e. The molecule has 0 bridgehead atoms. The van der Waals surface area contributed by atoms with Gasteiger partial charge in [-0.05, 0) is 6.92 Å². The third-order valence-electron chi connectivity index (χ3n) is 1.33. The van der Waals surface area contributed by atoms with E-state index in [2.05, 4.69) is 0 Å². The average molecular weight is 148 g/mol. The van der Waals surface area contributed by atoms with Gasteiger partial charge in [0.15, 0.2) is 0 Å². The summed E-state index contributed by atoms with van der Waals surface area (Å²) in [4.78, 5) is 0. The van der Waals surface area contributed by atoms with Crippen molar-refractivity contribution in [3.63, 3.8) is 0 Å². The highest BCUT2D eigenvalue weighted by atomic mass is 28.1. The van der Waals surface area contributed by atoms with Gasteiger partial charge in [0.25, 0.3) is 0 Å². The first-order valence-electron chi connectivity index (χ1n) is 2.68. The van der Waals surface area contributed by atoms with E-state index in [1.54, 1.807) is 6.92 Å². The van der Waals surface area contributed by atoms with Crippen LogP contribution < -0.4 is 0 Å². The van der Waals surface area contributed by atoms with Crippen LogP contribution in [0, 0.1) is 39.9 Å². The number of nitriles is 3. The van der Waals surface area contributed by atoms with Crippen LogP contribution in [0.5, 0.6) is 0 Å². The van der Waals surface area contributed by atoms with Crippen molar-refractivity contribution in [2.45, 2.75) is 12.0 Å². The summed E-state index contributed by atoms with van der Waals surface area (Å²) in [5.41, 5.74) is 0. The number of nitrogens with zero attached hydrogens (tertiary/aromatic N) is 3. The second kappa shape index (κ2) is 3.01. The van der Waals surface area contributed by atoms with Gasteiger partial charge in [-0.1, -0.05) is 0 Å². The first-order chi connectivity index (χ1) is 4.60. The topological polar surface area (TPSA) is 71.4 Å². The number of hydrogen-bond donors (Lipinski definition) is 0. The smallest absolute Gasteiger partial charge is 0.139 e. The van der Waals surface area contributed by atoms with Gasteiger partial charge in [-0.2, -0.15) is 15.8 Å². The van der Waals surface area contributed by atoms with E-state index in [1.807, 2.05) is 18.2 Å². The Morgan fingerprint density at radius 1 is 1.30 bits per heavy atom. The highest BCUT2D eigenvalue weighted by Crippen LogP contribution is 2.28. The van der Waals surface area contributed by atoms with Crippen molar-refractivity contribution in [3.8, 4) is 18.2 Å². The molecule has 0 aromatic carbocycles. The van der Waals surface area contributed by atoms with Crippen LogP contribution in [0.1, 0.15) is 6.92 Å². The van der Waals surface area contributed by atoms with Gasteiger partial charge in [0, 0.05) is 0 Å². The summed E-state index contributed by atoms with van der Waals surface area (Å²) >= 11 is 0. The Kier molecular flexibility index (Phi) is 2.61. The molecule has 49 valence electrons. The van der Waals surface area contributed by atoms with Gasteiger partial charge in [-0.15, -0.1) is 0 Å². The Hall–Kier alpha value is -1.31. The van der Waals surface area contributed by atoms with Gasteiger partial charge in [0.2, 0.25) is 0 Å². The van der Waals surface area contributed by atoms with Gasteiger partial charge >= 0.3 is 0 Å². The van der Waals surface area contributed by atoms with Crippen LogP contribution in [-0.4, -0.2) is 10.2 Å². The summed E-state index contributed by atoms with van der Waals surface area (Å²) in [6.45, 7) is 1.57. The lowest BCUT2D eigenvalue weighted by atomic mass is 9.97. The van der Waals surface area contributed by atoms with Crippen LogP contribution in [0.4, 0.5) is 0 Å². The highest BCUT2D eigenvalue weighted by molar-refractivity contribution is 6.19. The first kappa shape index (κ1) is 8.69. The molecule has 0 aliphatic rings. The van der Waals surface area contributed by atoms with E-state index in [-0.39, 0.29) is 0 Å². The normalized spacial score (nSPS) is 12.3. The molecule has 3 nitrogen and oxygen atoms in total. The fourth-order valence-electron chi connectivity index (χ4n) is 0.329. The maximum atomic E-state index is 8.47. The minimum absolute atomic E-state index is 0.527. The Morgan fingerprint density at radius 3 is 1.80 bits per heavy atom. The van der Waals surface area contributed by atoms with Gasteiger partial charge in [-0.25, -0.2) is 0 Å². The van der Waals surface area contributed by atoms with Crippen LogP contribution in [-0.2, 0) is 0 Å². The zero-order valence-electron chi connectivity index (χ0n) is 5.63. The summed E-state index contributed by atoms with van der Waals surface area (Å²) in [5.74, 6) is -0.527. The quantitative estimate of drug-likeness (QED) is 0.491. The fourth-order valence-corrected chi connectivity index (χ4v) is 0.420. The molecule has 0 spiro atoms. The lowest BCUT2D eigenvalue weighted by Gasteiger charge is -2.12. The summed E-state index contributed by atoms with van der Waals surface area (Å²) in [5, 5.41) is 24.2. The summed E-state index contributed by atoms with van der Waals surface area (Å²) in [6.07, 6.45) is 0. The SMILES string of the molecule is CC(C#N)C([SiH2])(C#N)C#N. The molecule has 0 rings (SSSR count). The number of hydrogen-bond acceptors (Lipinski definition) is 3. The van der Waals surface area contributed by atoms with Crippen LogP contribution in [0.15, 0.2) is 0 Å². The molecule has 0 aromatic heterocycles. The predicted molar refractivity (Wildman–Crippen MR) is 37.2 cm³/mol. The minimum atomic E-state index is -1.13. The van der Waals surface area contributed by atoms with Crippen molar-refractivity contribution in [2.24, 2.45) is 5.92 Å². The lowest BCUT2D eigenvalue weighted by molar-refractivity contribution is 0.668. The lowest BCUT2D eigenvalue weighted by Crippen LogP contribution is -2.16. The molecule has 4 heteroatoms. The summed E-state index contributed by atoms with van der Waals surface area (Å²) < 4.78 is 0. The predicted octanol–water partition coefficient (Wildman–Crippen LogP) is -0.0150. The van der Waals surface area contributed by atoms with Crippen molar-refractivity contribution >= 4 is 10.2 Å². The van der Waals surface area contributed by atoms with Gasteiger partial charge in [0.05, 0.1) is 34.4 Å². The van der Waals surface area contributed by atoms with Crippen molar-refractivity contribution in [2.75, 3.05) is 0 Å². The second-order valence-corrected chi connectivity index (χ2v) is 3.16. The molecule has 1 radical (unpaired) electrons. The highest BCUT2D eigenvalue weighted by Gasteiger charge is 2.30. The summed E-state index contributed by atoms with van der Waals surface area (Å²) in [7, 11) is 1.25. The molecule has 0 aromatic rings. The average Bonchev–Trinajstić information content (AvgIpc) is 2.01. The molecule has 10 heavy (non-hydrogen) atoms. The van der Waals surface area contributed by atoms with E-state index in [0.29, 0.717) is 0 Å². The Balaban J connectivity index is 4.62. The van der Waals surface area contributed by atoms with Crippen LogP contribution in [0.2, 0.25) is 5.04 Å². The molecular formula is C6H6N3Si. The molecule has 0 N–H and O–H groups in total. The van der Waals surface area contributed by atoms with Crippen molar-refractivity contribution < 1.29 is 0 Å². The molecule has 0 fully saturated rings. The van der Waals surface area contributed by atoms with E-state index in [0.717, 1.165) is 0 Å². The van der Waals surface area contributed by atoms with Crippen LogP contribution >= 0.6 is 0 Å². The molecule has 0 aliphatic heterocycles. The second-order valence-electron chi connectivity index (χ2n) is 2.05. The first-order valence-corrected chi connectivity index (χ1v) is 3.39. The summed E-state index contributed by atoms with van der Waals surface area (Å²) in [6, 6.07) is 5.48. The third-order valence-corrected chi connectivity index (χ3v) is 2.26. The molecule has 0 saturated carbocycles. The molecule has 0 aliphatic carbocycles. The van der Waals surface area contributed by atoms with Crippen LogP contribution in [0.25, 0.3) is 0 Å². The molecule has 1 unspecified atom stereocenters. The van der Waals surface area contributed by atoms with E-state index in [1.165, 1.54) is 10.2 Å². The molecular weight excluding hydrogens is 142 g/mol. The largest absolute Gasteiger partial charge is 0.198 e. The monoisotopic (exact) mass is 148 g/mol. The molecule has 0 amide bonds. The van der Waals surface area contributed by atoms with Gasteiger partial charge in [-0.3, -0.25) is 0 Å². The Morgan fingerprint density at radius 2 is 1.70 bits per heavy atom. The van der Waals surface area contributed by atoms with Crippen LogP contribution in [0.3, 0.4) is 0 Å². The third kappa shape index (κ3) is 1.34. The molecule has 0 heterocycles. The van der Waals surface area contributed by atoms with Gasteiger partial charge < -0.3 is 0 Å². The maximum Gasteiger partial charge on any atom is 0.139 e. The fraction of sp³-hybridized carbons (Fsp3) is 0.500.